The van der Waals surface area contributed by atoms with Gasteiger partial charge in [0.05, 0.1) is 16.4 Å². The average molecular weight is 616 g/mol. The van der Waals surface area contributed by atoms with Crippen LogP contribution in [0.5, 0.6) is 0 Å². The maximum absolute atomic E-state index is 6.60. The number of fused-ring (bicyclic) bond motifs is 13. The fraction of sp³-hybridized carbons (Fsp3) is 0. The van der Waals surface area contributed by atoms with E-state index in [0.29, 0.717) is 0 Å². The number of hydrogen-bond donors (Lipinski definition) is 0. The van der Waals surface area contributed by atoms with Gasteiger partial charge in [0.25, 0.3) is 0 Å². The second-order valence-electron chi connectivity index (χ2n) is 12.5. The van der Waals surface area contributed by atoms with Crippen molar-refractivity contribution in [1.29, 1.82) is 0 Å². The standard InChI is InChI=1S/C44H25NOS/c1-2-9-31-26(8-1)19-21-37-41-38(23-22-35-33-10-3-5-14-39(33)46-43(35)41)45(42(31)37)30-20-18-27-24-29(17-16-28(27)25-30)32-12-7-13-36-34-11-4-6-15-40(34)47-44(32)36/h1-25H. The Morgan fingerprint density at radius 2 is 1.23 bits per heavy atom. The Kier molecular flexibility index (Phi) is 5.02. The molecule has 0 aliphatic carbocycles. The lowest BCUT2D eigenvalue weighted by Gasteiger charge is -2.12. The van der Waals surface area contributed by atoms with Gasteiger partial charge in [-0.1, -0.05) is 109 Å². The highest BCUT2D eigenvalue weighted by atomic mass is 32.1. The Morgan fingerprint density at radius 1 is 0.489 bits per heavy atom. The van der Waals surface area contributed by atoms with Crippen molar-refractivity contribution in [3.63, 3.8) is 0 Å². The average Bonchev–Trinajstić information content (AvgIpc) is 3.81. The van der Waals surface area contributed by atoms with Crippen LogP contribution in [-0.2, 0) is 0 Å². The molecule has 3 heterocycles. The summed E-state index contributed by atoms with van der Waals surface area (Å²) in [7, 11) is 0. The molecule has 218 valence electrons. The summed E-state index contributed by atoms with van der Waals surface area (Å²) in [5, 5.41) is 12.2. The molecular weight excluding hydrogens is 591 g/mol. The molecule has 2 nitrogen and oxygen atoms in total. The van der Waals surface area contributed by atoms with Crippen molar-refractivity contribution in [3.8, 4) is 16.8 Å². The quantitative estimate of drug-likeness (QED) is 0.189. The lowest BCUT2D eigenvalue weighted by atomic mass is 9.99. The van der Waals surface area contributed by atoms with Crippen LogP contribution in [0.2, 0.25) is 0 Å². The Balaban J connectivity index is 1.16. The monoisotopic (exact) mass is 615 g/mol. The van der Waals surface area contributed by atoms with E-state index in [0.717, 1.165) is 38.5 Å². The van der Waals surface area contributed by atoms with Crippen molar-refractivity contribution in [3.05, 3.63) is 152 Å². The van der Waals surface area contributed by atoms with E-state index in [1.54, 1.807) is 0 Å². The molecule has 0 unspecified atom stereocenters. The molecule has 0 spiro atoms. The van der Waals surface area contributed by atoms with Crippen molar-refractivity contribution in [2.45, 2.75) is 0 Å². The number of para-hydroxylation sites is 1. The van der Waals surface area contributed by atoms with Gasteiger partial charge in [0.2, 0.25) is 0 Å². The molecule has 0 saturated heterocycles. The van der Waals surface area contributed by atoms with Crippen LogP contribution in [0.15, 0.2) is 156 Å². The van der Waals surface area contributed by atoms with Crippen LogP contribution >= 0.6 is 11.3 Å². The van der Waals surface area contributed by atoms with Gasteiger partial charge < -0.3 is 8.98 Å². The highest BCUT2D eigenvalue weighted by Gasteiger charge is 2.20. The van der Waals surface area contributed by atoms with Gasteiger partial charge in [-0.15, -0.1) is 11.3 Å². The third-order valence-corrected chi connectivity index (χ3v) is 11.2. The second-order valence-corrected chi connectivity index (χ2v) is 13.5. The molecule has 0 radical (unpaired) electrons. The molecule has 11 aromatic rings. The summed E-state index contributed by atoms with van der Waals surface area (Å²) in [4.78, 5) is 0. The normalized spacial score (nSPS) is 12.3. The minimum absolute atomic E-state index is 0.921. The lowest BCUT2D eigenvalue weighted by Crippen LogP contribution is -1.94. The van der Waals surface area contributed by atoms with Crippen LogP contribution in [0.1, 0.15) is 0 Å². The number of furan rings is 1. The third-order valence-electron chi connectivity index (χ3n) is 9.96. The third kappa shape index (κ3) is 3.49. The maximum atomic E-state index is 6.60. The minimum atomic E-state index is 0.921. The molecule has 0 aliphatic heterocycles. The lowest BCUT2D eigenvalue weighted by molar-refractivity contribution is 0.673. The predicted octanol–water partition coefficient (Wildman–Crippen LogP) is 13.0. The molecule has 0 saturated carbocycles. The first kappa shape index (κ1) is 25.3. The zero-order chi connectivity index (χ0) is 30.6. The molecular formula is C44H25NOS. The van der Waals surface area contributed by atoms with E-state index in [-0.39, 0.29) is 0 Å². The van der Waals surface area contributed by atoms with Gasteiger partial charge in [-0.3, -0.25) is 0 Å². The minimum Gasteiger partial charge on any atom is -0.455 e. The SMILES string of the molecule is c1ccc2c(c1)ccc1c3c4oc5ccccc5c4ccc3n(-c3ccc4cc(-c5cccc6c5sc5ccccc56)ccc4c3)c21. The van der Waals surface area contributed by atoms with Crippen LogP contribution < -0.4 is 0 Å². The molecule has 0 N–H and O–H groups in total. The molecule has 0 amide bonds. The Bertz CT molecular complexity index is 3080. The van der Waals surface area contributed by atoms with Gasteiger partial charge in [-0.2, -0.15) is 0 Å². The van der Waals surface area contributed by atoms with Gasteiger partial charge in [-0.05, 0) is 69.8 Å². The number of nitrogens with zero attached hydrogens (tertiary/aromatic N) is 1. The number of benzene rings is 8. The largest absolute Gasteiger partial charge is 0.455 e. The summed E-state index contributed by atoms with van der Waals surface area (Å²) in [5.74, 6) is 0. The second kappa shape index (κ2) is 9.32. The van der Waals surface area contributed by atoms with Gasteiger partial charge in [0.15, 0.2) is 0 Å². The van der Waals surface area contributed by atoms with E-state index < -0.39 is 0 Å². The molecule has 11 rings (SSSR count). The van der Waals surface area contributed by atoms with Crippen LogP contribution in [0.3, 0.4) is 0 Å². The Labute approximate surface area is 273 Å². The van der Waals surface area contributed by atoms with Crippen LogP contribution in [0, 0.1) is 0 Å². The topological polar surface area (TPSA) is 18.1 Å². The smallest absolute Gasteiger partial charge is 0.145 e. The summed E-state index contributed by atoms with van der Waals surface area (Å²) < 4.78 is 11.7. The van der Waals surface area contributed by atoms with E-state index >= 15 is 0 Å². The van der Waals surface area contributed by atoms with E-state index in [1.807, 2.05) is 17.4 Å². The molecule has 0 atom stereocenters. The highest BCUT2D eigenvalue weighted by molar-refractivity contribution is 7.26. The summed E-state index contributed by atoms with van der Waals surface area (Å²) in [5.41, 5.74) is 7.90. The summed E-state index contributed by atoms with van der Waals surface area (Å²) in [6.07, 6.45) is 0. The van der Waals surface area contributed by atoms with Crippen LogP contribution in [-0.4, -0.2) is 4.57 Å². The predicted molar refractivity (Wildman–Crippen MR) is 201 cm³/mol. The number of thiophene rings is 1. The Morgan fingerprint density at radius 3 is 2.19 bits per heavy atom. The molecule has 0 aliphatic rings. The number of rotatable bonds is 2. The fourth-order valence-electron chi connectivity index (χ4n) is 7.83. The first-order chi connectivity index (χ1) is 23.3. The van der Waals surface area contributed by atoms with Gasteiger partial charge >= 0.3 is 0 Å². The molecule has 3 heteroatoms. The molecule has 47 heavy (non-hydrogen) atoms. The molecule has 0 bridgehead atoms. The molecule has 8 aromatic carbocycles. The van der Waals surface area contributed by atoms with E-state index in [2.05, 4.69) is 150 Å². The van der Waals surface area contributed by atoms with E-state index in [4.69, 9.17) is 4.42 Å². The van der Waals surface area contributed by atoms with Crippen LogP contribution in [0.25, 0.3) is 102 Å². The maximum Gasteiger partial charge on any atom is 0.145 e. The van der Waals surface area contributed by atoms with Crippen molar-refractivity contribution >= 4 is 96.8 Å². The van der Waals surface area contributed by atoms with Gasteiger partial charge in [-0.25, -0.2) is 0 Å². The van der Waals surface area contributed by atoms with E-state index in [9.17, 15) is 0 Å². The summed E-state index contributed by atoms with van der Waals surface area (Å²) in [6, 6.07) is 55.3. The van der Waals surface area contributed by atoms with Crippen molar-refractivity contribution in [2.24, 2.45) is 0 Å². The van der Waals surface area contributed by atoms with Gasteiger partial charge in [0.1, 0.15) is 11.2 Å². The zero-order valence-electron chi connectivity index (χ0n) is 25.2. The fourth-order valence-corrected chi connectivity index (χ4v) is 9.06. The summed E-state index contributed by atoms with van der Waals surface area (Å²) in [6.45, 7) is 0. The molecule has 3 aromatic heterocycles. The number of aromatic nitrogens is 1. The first-order valence-corrected chi connectivity index (χ1v) is 16.8. The first-order valence-electron chi connectivity index (χ1n) is 16.0. The van der Waals surface area contributed by atoms with Crippen molar-refractivity contribution < 1.29 is 4.42 Å². The summed E-state index contributed by atoms with van der Waals surface area (Å²) >= 11 is 1.88. The Hall–Kier alpha value is -5.90. The zero-order valence-corrected chi connectivity index (χ0v) is 26.0. The van der Waals surface area contributed by atoms with Crippen LogP contribution in [0.4, 0.5) is 0 Å². The van der Waals surface area contributed by atoms with Crippen molar-refractivity contribution in [2.75, 3.05) is 0 Å². The van der Waals surface area contributed by atoms with E-state index in [1.165, 1.54) is 63.7 Å². The molecule has 0 fully saturated rings. The number of hydrogen-bond acceptors (Lipinski definition) is 2. The van der Waals surface area contributed by atoms with Gasteiger partial charge in [0, 0.05) is 47.4 Å². The van der Waals surface area contributed by atoms with Crippen molar-refractivity contribution in [1.82, 2.24) is 4.57 Å². The highest BCUT2D eigenvalue weighted by Crippen LogP contribution is 2.44.